The molecule has 2 aromatic rings. The lowest BCUT2D eigenvalue weighted by atomic mass is 9.95. The molecule has 0 aliphatic carbocycles. The highest BCUT2D eigenvalue weighted by atomic mass is 16.5. The first-order valence-electron chi connectivity index (χ1n) is 6.28. The Morgan fingerprint density at radius 1 is 1.35 bits per heavy atom. The van der Waals surface area contributed by atoms with Gasteiger partial charge >= 0.3 is 5.97 Å². The Balaban J connectivity index is 2.49. The third-order valence-corrected chi connectivity index (χ3v) is 3.46. The quantitative estimate of drug-likeness (QED) is 0.931. The van der Waals surface area contributed by atoms with Crippen molar-refractivity contribution in [3.63, 3.8) is 0 Å². The van der Waals surface area contributed by atoms with Gasteiger partial charge in [-0.1, -0.05) is 18.2 Å². The minimum Gasteiger partial charge on any atom is -0.476 e. The summed E-state index contributed by atoms with van der Waals surface area (Å²) in [5.41, 5.74) is 2.34. The molecule has 0 bridgehead atoms. The molecule has 106 valence electrons. The molecule has 1 N–H and O–H groups in total. The highest BCUT2D eigenvalue weighted by Crippen LogP contribution is 2.28. The summed E-state index contributed by atoms with van der Waals surface area (Å²) in [5.74, 6) is -1.03. The average Bonchev–Trinajstić information content (AvgIpc) is 2.81. The van der Waals surface area contributed by atoms with Gasteiger partial charge in [-0.25, -0.2) is 4.79 Å². The highest BCUT2D eigenvalue weighted by molar-refractivity contribution is 5.87. The van der Waals surface area contributed by atoms with Gasteiger partial charge < -0.3 is 9.84 Å². The number of carboxylic acids is 1. The van der Waals surface area contributed by atoms with Crippen molar-refractivity contribution in [2.45, 2.75) is 19.4 Å². The van der Waals surface area contributed by atoms with Crippen LogP contribution in [-0.4, -0.2) is 28.0 Å². The monoisotopic (exact) mass is 274 g/mol. The number of carbonyl (C=O) groups is 1. The molecule has 0 atom stereocenters. The average molecular weight is 274 g/mol. The number of aryl methyl sites for hydroxylation is 1. The fraction of sp³-hybridized carbons (Fsp3) is 0.333. The molecular weight excluding hydrogens is 256 g/mol. The molecule has 5 nitrogen and oxygen atoms in total. The molecule has 2 rings (SSSR count). The van der Waals surface area contributed by atoms with E-state index in [9.17, 15) is 4.79 Å². The molecule has 5 heteroatoms. The molecule has 20 heavy (non-hydrogen) atoms. The van der Waals surface area contributed by atoms with E-state index in [1.807, 2.05) is 38.1 Å². The zero-order valence-electron chi connectivity index (χ0n) is 12.0. The fourth-order valence-electron chi connectivity index (χ4n) is 2.01. The van der Waals surface area contributed by atoms with Crippen LogP contribution in [0.2, 0.25) is 0 Å². The van der Waals surface area contributed by atoms with Gasteiger partial charge in [0.15, 0.2) is 5.69 Å². The maximum Gasteiger partial charge on any atom is 0.356 e. The van der Waals surface area contributed by atoms with E-state index in [1.165, 1.54) is 0 Å². The van der Waals surface area contributed by atoms with Gasteiger partial charge in [0.1, 0.15) is 0 Å². The number of aromatic carboxylic acids is 1. The number of aromatic nitrogens is 2. The van der Waals surface area contributed by atoms with Crippen LogP contribution in [-0.2, 0) is 17.4 Å². The Hall–Kier alpha value is -2.14. The summed E-state index contributed by atoms with van der Waals surface area (Å²) >= 11 is 0. The zero-order valence-corrected chi connectivity index (χ0v) is 12.0. The Labute approximate surface area is 117 Å². The fourth-order valence-corrected chi connectivity index (χ4v) is 2.01. The van der Waals surface area contributed by atoms with Crippen LogP contribution in [0.3, 0.4) is 0 Å². The zero-order chi connectivity index (χ0) is 14.9. The first-order chi connectivity index (χ1) is 9.35. The van der Waals surface area contributed by atoms with Crippen molar-refractivity contribution < 1.29 is 14.6 Å². The first-order valence-corrected chi connectivity index (χ1v) is 6.28. The molecule has 0 unspecified atom stereocenters. The van der Waals surface area contributed by atoms with Crippen LogP contribution in [0.5, 0.6) is 0 Å². The predicted octanol–water partition coefficient (Wildman–Crippen LogP) is 2.67. The van der Waals surface area contributed by atoms with Gasteiger partial charge in [-0.15, -0.1) is 0 Å². The Kier molecular flexibility index (Phi) is 3.63. The van der Waals surface area contributed by atoms with Crippen molar-refractivity contribution in [2.75, 3.05) is 7.11 Å². The maximum absolute atomic E-state index is 11.0. The molecule has 0 aliphatic rings. The van der Waals surface area contributed by atoms with Crippen molar-refractivity contribution in [1.29, 1.82) is 0 Å². The van der Waals surface area contributed by atoms with E-state index in [-0.39, 0.29) is 5.69 Å². The van der Waals surface area contributed by atoms with E-state index in [0.717, 1.165) is 16.8 Å². The van der Waals surface area contributed by atoms with E-state index in [4.69, 9.17) is 9.84 Å². The molecule has 1 heterocycles. The van der Waals surface area contributed by atoms with Gasteiger partial charge in [-0.3, -0.25) is 4.68 Å². The molecule has 0 saturated carbocycles. The number of nitrogens with zero attached hydrogens (tertiary/aromatic N) is 2. The van der Waals surface area contributed by atoms with Crippen molar-refractivity contribution >= 4 is 5.97 Å². The van der Waals surface area contributed by atoms with Gasteiger partial charge in [0.05, 0.1) is 11.3 Å². The molecule has 0 aliphatic heterocycles. The van der Waals surface area contributed by atoms with Gasteiger partial charge in [0.25, 0.3) is 0 Å². The van der Waals surface area contributed by atoms with Crippen molar-refractivity contribution in [1.82, 2.24) is 9.78 Å². The summed E-state index contributed by atoms with van der Waals surface area (Å²) in [5, 5.41) is 13.0. The van der Waals surface area contributed by atoms with Gasteiger partial charge in [0.2, 0.25) is 0 Å². The maximum atomic E-state index is 11.0. The third kappa shape index (κ3) is 2.58. The van der Waals surface area contributed by atoms with Crippen molar-refractivity contribution in [2.24, 2.45) is 7.05 Å². The topological polar surface area (TPSA) is 64.3 Å². The lowest BCUT2D eigenvalue weighted by Gasteiger charge is -2.24. The number of ether oxygens (including phenoxy) is 1. The largest absolute Gasteiger partial charge is 0.476 e. The summed E-state index contributed by atoms with van der Waals surface area (Å²) in [4.78, 5) is 11.0. The first kappa shape index (κ1) is 14.3. The highest BCUT2D eigenvalue weighted by Gasteiger charge is 2.20. The summed E-state index contributed by atoms with van der Waals surface area (Å²) in [6, 6.07) is 9.41. The van der Waals surface area contributed by atoms with Crippen LogP contribution in [0.25, 0.3) is 11.3 Å². The van der Waals surface area contributed by atoms with Crippen LogP contribution < -0.4 is 0 Å². The second-order valence-electron chi connectivity index (χ2n) is 5.14. The predicted molar refractivity (Wildman–Crippen MR) is 75.6 cm³/mol. The molecule has 0 spiro atoms. The van der Waals surface area contributed by atoms with Crippen molar-refractivity contribution in [3.05, 3.63) is 41.6 Å². The number of carboxylic acid groups (broad SMARTS) is 1. The molecule has 0 fully saturated rings. The smallest absolute Gasteiger partial charge is 0.356 e. The Bertz CT molecular complexity index is 644. The van der Waals surface area contributed by atoms with E-state index < -0.39 is 11.6 Å². The lowest BCUT2D eigenvalue weighted by molar-refractivity contribution is 0.0192. The Morgan fingerprint density at radius 3 is 2.60 bits per heavy atom. The standard InChI is InChI=1S/C15H18N2O3/c1-15(2,20-4)11-7-5-6-10(8-11)13-9-12(14(18)19)16-17(13)3/h5-9H,1-4H3,(H,18,19). The molecule has 0 radical (unpaired) electrons. The number of methoxy groups -OCH3 is 1. The second-order valence-corrected chi connectivity index (χ2v) is 5.14. The molecular formula is C15H18N2O3. The number of benzene rings is 1. The molecule has 0 amide bonds. The van der Waals surface area contributed by atoms with Gasteiger partial charge in [0, 0.05) is 19.7 Å². The van der Waals surface area contributed by atoms with Crippen LogP contribution in [0.15, 0.2) is 30.3 Å². The molecule has 1 aromatic carbocycles. The number of rotatable bonds is 4. The van der Waals surface area contributed by atoms with E-state index >= 15 is 0 Å². The van der Waals surface area contributed by atoms with Crippen LogP contribution in [0.4, 0.5) is 0 Å². The van der Waals surface area contributed by atoms with Crippen molar-refractivity contribution in [3.8, 4) is 11.3 Å². The van der Waals surface area contributed by atoms with Crippen LogP contribution in [0.1, 0.15) is 29.9 Å². The lowest BCUT2D eigenvalue weighted by Crippen LogP contribution is -2.19. The normalized spacial score (nSPS) is 11.6. The minimum absolute atomic E-state index is 0.0407. The third-order valence-electron chi connectivity index (χ3n) is 3.46. The minimum atomic E-state index is -1.03. The van der Waals surface area contributed by atoms with Crippen LogP contribution >= 0.6 is 0 Å². The summed E-state index contributed by atoms with van der Waals surface area (Å²) in [6.45, 7) is 3.97. The number of hydrogen-bond donors (Lipinski definition) is 1. The molecule has 1 aromatic heterocycles. The van der Waals surface area contributed by atoms with E-state index in [1.54, 1.807) is 24.9 Å². The van der Waals surface area contributed by atoms with Gasteiger partial charge in [-0.05, 0) is 31.5 Å². The van der Waals surface area contributed by atoms with E-state index in [0.29, 0.717) is 0 Å². The summed E-state index contributed by atoms with van der Waals surface area (Å²) < 4.78 is 7.04. The van der Waals surface area contributed by atoms with Gasteiger partial charge in [-0.2, -0.15) is 5.10 Å². The van der Waals surface area contributed by atoms with Crippen LogP contribution in [0, 0.1) is 0 Å². The SMILES string of the molecule is COC(C)(C)c1cccc(-c2cc(C(=O)O)nn2C)c1. The van der Waals surface area contributed by atoms with E-state index in [2.05, 4.69) is 5.10 Å². The second kappa shape index (κ2) is 5.09. The number of hydrogen-bond acceptors (Lipinski definition) is 3. The molecule has 0 saturated heterocycles. The Morgan fingerprint density at radius 2 is 2.05 bits per heavy atom. The summed E-state index contributed by atoms with van der Waals surface area (Å²) in [6.07, 6.45) is 0. The summed E-state index contributed by atoms with van der Waals surface area (Å²) in [7, 11) is 3.40.